The number of rotatable bonds is 15. The molecule has 0 saturated heterocycles. The highest BCUT2D eigenvalue weighted by atomic mass is 35.5. The molecule has 0 aromatic heterocycles. The highest BCUT2D eigenvalue weighted by molar-refractivity contribution is 7.92. The van der Waals surface area contributed by atoms with Crippen LogP contribution in [0.1, 0.15) is 45.6 Å². The van der Waals surface area contributed by atoms with Crippen LogP contribution in [-0.2, 0) is 26.2 Å². The lowest BCUT2D eigenvalue weighted by atomic mass is 10.1. The van der Waals surface area contributed by atoms with Crippen LogP contribution in [0.2, 0.25) is 10.0 Å². The van der Waals surface area contributed by atoms with E-state index in [4.69, 9.17) is 27.9 Å². The Morgan fingerprint density at radius 3 is 2.19 bits per heavy atom. The normalized spacial score (nSPS) is 11.9. The number of nitrogens with one attached hydrogen (secondary N) is 1. The van der Waals surface area contributed by atoms with Gasteiger partial charge in [0, 0.05) is 23.1 Å². The molecule has 0 bridgehead atoms. The molecule has 0 aliphatic rings. The fourth-order valence-electron chi connectivity index (χ4n) is 4.37. The van der Waals surface area contributed by atoms with Crippen molar-refractivity contribution in [3.63, 3.8) is 0 Å². The summed E-state index contributed by atoms with van der Waals surface area (Å²) in [6.07, 6.45) is 2.02. The maximum atomic E-state index is 14.1. The van der Waals surface area contributed by atoms with Crippen molar-refractivity contribution in [1.29, 1.82) is 0 Å². The van der Waals surface area contributed by atoms with Crippen LogP contribution in [-0.4, -0.2) is 50.9 Å². The molecule has 2 amide bonds. The lowest BCUT2D eigenvalue weighted by Gasteiger charge is -2.33. The first-order valence-corrected chi connectivity index (χ1v) is 16.1. The zero-order valence-corrected chi connectivity index (χ0v) is 26.4. The standard InChI is InChI=1S/C31H37Cl2N3O5S/c1-4-7-20-34-31(38)29(5-2)35(21-23-10-8-9-11-28(23)33)30(37)22-36(25-14-16-26(17-15-25)41-6-3)42(39,40)27-18-12-24(32)13-19-27/h8-19,29H,4-7,20-22H2,1-3H3,(H,34,38)/t29-/m0/s1. The maximum Gasteiger partial charge on any atom is 0.264 e. The second-order valence-electron chi connectivity index (χ2n) is 9.57. The van der Waals surface area contributed by atoms with Crippen molar-refractivity contribution in [2.75, 3.05) is 24.0 Å². The van der Waals surface area contributed by atoms with Crippen LogP contribution in [0.15, 0.2) is 77.7 Å². The number of amides is 2. The fourth-order valence-corrected chi connectivity index (χ4v) is 6.11. The van der Waals surface area contributed by atoms with Crippen LogP contribution < -0.4 is 14.4 Å². The first-order valence-electron chi connectivity index (χ1n) is 13.9. The molecular formula is C31H37Cl2N3O5S. The van der Waals surface area contributed by atoms with Crippen molar-refractivity contribution >= 4 is 50.7 Å². The third-order valence-electron chi connectivity index (χ3n) is 6.63. The van der Waals surface area contributed by atoms with Crippen LogP contribution in [0.25, 0.3) is 0 Å². The van der Waals surface area contributed by atoms with E-state index in [0.29, 0.717) is 40.9 Å². The Morgan fingerprint density at radius 1 is 0.929 bits per heavy atom. The third kappa shape index (κ3) is 8.63. The first kappa shape index (κ1) is 33.2. The number of anilines is 1. The zero-order valence-electron chi connectivity index (χ0n) is 24.1. The summed E-state index contributed by atoms with van der Waals surface area (Å²) in [5, 5.41) is 3.73. The van der Waals surface area contributed by atoms with Crippen LogP contribution in [0.3, 0.4) is 0 Å². The molecule has 3 rings (SSSR count). The Balaban J connectivity index is 2.05. The van der Waals surface area contributed by atoms with E-state index in [0.717, 1.165) is 17.1 Å². The number of hydrogen-bond donors (Lipinski definition) is 1. The number of ether oxygens (including phenoxy) is 1. The summed E-state index contributed by atoms with van der Waals surface area (Å²) in [5.74, 6) is -0.301. The molecule has 0 heterocycles. The van der Waals surface area contributed by atoms with E-state index in [1.807, 2.05) is 20.8 Å². The van der Waals surface area contributed by atoms with Gasteiger partial charge in [-0.2, -0.15) is 0 Å². The maximum absolute atomic E-state index is 14.1. The number of carbonyl (C=O) groups excluding carboxylic acids is 2. The number of unbranched alkanes of at least 4 members (excludes halogenated alkanes) is 1. The number of hydrogen-bond acceptors (Lipinski definition) is 5. The monoisotopic (exact) mass is 633 g/mol. The van der Waals surface area contributed by atoms with E-state index >= 15 is 0 Å². The van der Waals surface area contributed by atoms with Gasteiger partial charge in [0.15, 0.2) is 0 Å². The summed E-state index contributed by atoms with van der Waals surface area (Å²) in [7, 11) is -4.22. The average molecular weight is 635 g/mol. The van der Waals surface area contributed by atoms with E-state index < -0.39 is 28.5 Å². The lowest BCUT2D eigenvalue weighted by molar-refractivity contribution is -0.140. The van der Waals surface area contributed by atoms with Crippen LogP contribution >= 0.6 is 23.2 Å². The van der Waals surface area contributed by atoms with E-state index in [1.165, 1.54) is 29.2 Å². The number of carbonyl (C=O) groups is 2. The molecule has 42 heavy (non-hydrogen) atoms. The van der Waals surface area contributed by atoms with Crippen LogP contribution in [0.4, 0.5) is 5.69 Å². The minimum Gasteiger partial charge on any atom is -0.494 e. The first-order chi connectivity index (χ1) is 20.1. The number of benzene rings is 3. The van der Waals surface area contributed by atoms with Gasteiger partial charge in [-0.25, -0.2) is 8.42 Å². The Kier molecular flexibility index (Phi) is 12.5. The average Bonchev–Trinajstić information content (AvgIpc) is 2.97. The van der Waals surface area contributed by atoms with Gasteiger partial charge in [0.2, 0.25) is 11.8 Å². The molecule has 1 atom stereocenters. The number of halogens is 2. The van der Waals surface area contributed by atoms with Crippen LogP contribution in [0.5, 0.6) is 5.75 Å². The fraction of sp³-hybridized carbons (Fsp3) is 0.355. The Hall–Kier alpha value is -3.27. The Bertz CT molecular complexity index is 1430. The van der Waals surface area contributed by atoms with Gasteiger partial charge in [0.25, 0.3) is 10.0 Å². The zero-order chi connectivity index (χ0) is 30.7. The van der Waals surface area contributed by atoms with Crippen molar-refractivity contribution in [3.8, 4) is 5.75 Å². The van der Waals surface area contributed by atoms with Gasteiger partial charge < -0.3 is 15.0 Å². The van der Waals surface area contributed by atoms with Crippen molar-refractivity contribution in [2.24, 2.45) is 0 Å². The lowest BCUT2D eigenvalue weighted by Crippen LogP contribution is -2.52. The molecule has 226 valence electrons. The third-order valence-corrected chi connectivity index (χ3v) is 9.04. The molecule has 0 spiro atoms. The quantitative estimate of drug-likeness (QED) is 0.198. The second-order valence-corrected chi connectivity index (χ2v) is 12.3. The van der Waals surface area contributed by atoms with E-state index in [2.05, 4.69) is 5.32 Å². The summed E-state index contributed by atoms with van der Waals surface area (Å²) >= 11 is 12.5. The van der Waals surface area contributed by atoms with Gasteiger partial charge in [0.1, 0.15) is 18.3 Å². The molecule has 0 saturated carbocycles. The minimum absolute atomic E-state index is 0.0241. The molecular weight excluding hydrogens is 597 g/mol. The van der Waals surface area contributed by atoms with E-state index in [9.17, 15) is 18.0 Å². The molecule has 0 fully saturated rings. The molecule has 3 aromatic carbocycles. The molecule has 1 N–H and O–H groups in total. The van der Waals surface area contributed by atoms with Crippen molar-refractivity contribution < 1.29 is 22.7 Å². The highest BCUT2D eigenvalue weighted by Crippen LogP contribution is 2.28. The second kappa shape index (κ2) is 15.8. The van der Waals surface area contributed by atoms with Crippen LogP contribution in [0, 0.1) is 0 Å². The molecule has 0 aliphatic carbocycles. The van der Waals surface area contributed by atoms with E-state index in [1.54, 1.807) is 48.5 Å². The smallest absolute Gasteiger partial charge is 0.264 e. The summed E-state index contributed by atoms with van der Waals surface area (Å²) in [6, 6.07) is 18.4. The van der Waals surface area contributed by atoms with Crippen molar-refractivity contribution in [1.82, 2.24) is 10.2 Å². The van der Waals surface area contributed by atoms with Gasteiger partial charge in [0.05, 0.1) is 17.2 Å². The molecule has 0 aliphatic heterocycles. The molecule has 8 nitrogen and oxygen atoms in total. The predicted molar refractivity (Wildman–Crippen MR) is 168 cm³/mol. The predicted octanol–water partition coefficient (Wildman–Crippen LogP) is 6.31. The largest absolute Gasteiger partial charge is 0.494 e. The summed E-state index contributed by atoms with van der Waals surface area (Å²) < 4.78 is 34.5. The number of sulfonamides is 1. The molecule has 11 heteroatoms. The summed E-state index contributed by atoms with van der Waals surface area (Å²) in [4.78, 5) is 28.8. The van der Waals surface area contributed by atoms with Gasteiger partial charge >= 0.3 is 0 Å². The Labute approximate surface area is 258 Å². The van der Waals surface area contributed by atoms with Crippen molar-refractivity contribution in [3.05, 3.63) is 88.4 Å². The SMILES string of the molecule is CCCCNC(=O)[C@H](CC)N(Cc1ccccc1Cl)C(=O)CN(c1ccc(OCC)cc1)S(=O)(=O)c1ccc(Cl)cc1. The number of nitrogens with zero attached hydrogens (tertiary/aromatic N) is 2. The van der Waals surface area contributed by atoms with E-state index in [-0.39, 0.29) is 23.0 Å². The van der Waals surface area contributed by atoms with Gasteiger partial charge in [-0.1, -0.05) is 61.7 Å². The minimum atomic E-state index is -4.22. The Morgan fingerprint density at radius 2 is 1.60 bits per heavy atom. The topological polar surface area (TPSA) is 96.0 Å². The molecule has 3 aromatic rings. The molecule has 0 unspecified atom stereocenters. The van der Waals surface area contributed by atoms with Crippen molar-refractivity contribution in [2.45, 2.75) is 57.5 Å². The summed E-state index contributed by atoms with van der Waals surface area (Å²) in [5.41, 5.74) is 0.903. The summed E-state index contributed by atoms with van der Waals surface area (Å²) in [6.45, 7) is 6.07. The van der Waals surface area contributed by atoms with Gasteiger partial charge in [-0.15, -0.1) is 0 Å². The van der Waals surface area contributed by atoms with Gasteiger partial charge in [-0.05, 0) is 79.9 Å². The highest BCUT2D eigenvalue weighted by Gasteiger charge is 2.34. The molecule has 0 radical (unpaired) electrons. The van der Waals surface area contributed by atoms with Gasteiger partial charge in [-0.3, -0.25) is 13.9 Å².